The number of nitro benzene ring substituents is 1. The van der Waals surface area contributed by atoms with Crippen molar-refractivity contribution in [3.8, 4) is 0 Å². The molecule has 0 bridgehead atoms. The molecule has 3 rings (SSSR count). The number of allylic oxidation sites excluding steroid dienone is 1. The van der Waals surface area contributed by atoms with Crippen molar-refractivity contribution < 1.29 is 33.9 Å². The fourth-order valence-corrected chi connectivity index (χ4v) is 5.63. The minimum atomic E-state index is -1.18. The standard InChI is InChI=1S/C31H44N4O8/c1-20-24(27(36)37)26(22-10-8-11-23(18-22)35(40)41)25(21(2)32-20)28(38)42-17-12-31(6,7)19-33-13-9-14-34(16-15-33)29(39)43-30(3,4)5/h8,10-11,18,24,26H,9,12-17,19H2,1-7H3,(H,36,37). The summed E-state index contributed by atoms with van der Waals surface area (Å²) in [6, 6.07) is 5.68. The third kappa shape index (κ3) is 9.09. The molecule has 1 amide bonds. The van der Waals surface area contributed by atoms with Gasteiger partial charge in [0.05, 0.1) is 17.1 Å². The van der Waals surface area contributed by atoms with Crippen LogP contribution in [0.1, 0.15) is 72.8 Å². The Labute approximate surface area is 252 Å². The number of ether oxygens (including phenoxy) is 2. The van der Waals surface area contributed by atoms with E-state index in [1.165, 1.54) is 18.2 Å². The molecule has 0 aromatic heterocycles. The Bertz CT molecular complexity index is 1300. The van der Waals surface area contributed by atoms with E-state index < -0.39 is 34.3 Å². The molecule has 236 valence electrons. The maximum atomic E-state index is 13.5. The Hall–Kier alpha value is -3.80. The van der Waals surface area contributed by atoms with E-state index in [-0.39, 0.29) is 29.4 Å². The van der Waals surface area contributed by atoms with Gasteiger partial charge >= 0.3 is 18.0 Å². The van der Waals surface area contributed by atoms with Crippen molar-refractivity contribution in [2.45, 2.75) is 72.8 Å². The maximum Gasteiger partial charge on any atom is 0.410 e. The highest BCUT2D eigenvalue weighted by atomic mass is 16.6. The number of carbonyl (C=O) groups excluding carboxylic acids is 2. The van der Waals surface area contributed by atoms with Crippen LogP contribution in [0.15, 0.2) is 40.5 Å². The number of amides is 1. The van der Waals surface area contributed by atoms with Gasteiger partial charge in [0.25, 0.3) is 5.69 Å². The van der Waals surface area contributed by atoms with Gasteiger partial charge < -0.3 is 24.4 Å². The highest BCUT2D eigenvalue weighted by Crippen LogP contribution is 2.40. The van der Waals surface area contributed by atoms with Crippen molar-refractivity contribution in [2.24, 2.45) is 16.3 Å². The summed E-state index contributed by atoms with van der Waals surface area (Å²) < 4.78 is 11.2. The van der Waals surface area contributed by atoms with Gasteiger partial charge in [0.15, 0.2) is 0 Å². The summed E-state index contributed by atoms with van der Waals surface area (Å²) in [5, 5.41) is 21.5. The molecule has 1 fully saturated rings. The van der Waals surface area contributed by atoms with Crippen LogP contribution in [0.2, 0.25) is 0 Å². The lowest BCUT2D eigenvalue weighted by Gasteiger charge is -2.33. The molecule has 1 aromatic rings. The second kappa shape index (κ2) is 13.7. The molecule has 12 nitrogen and oxygen atoms in total. The second-order valence-electron chi connectivity index (χ2n) is 13.0. The topological polar surface area (TPSA) is 152 Å². The lowest BCUT2D eigenvalue weighted by Crippen LogP contribution is -2.40. The molecular weight excluding hydrogens is 556 g/mol. The van der Waals surface area contributed by atoms with Crippen LogP contribution in [-0.2, 0) is 19.1 Å². The molecule has 1 aromatic carbocycles. The molecule has 1 N–H and O–H groups in total. The zero-order chi connectivity index (χ0) is 32.1. The first-order chi connectivity index (χ1) is 20.0. The minimum Gasteiger partial charge on any atom is -0.481 e. The number of carbonyl (C=O) groups is 3. The largest absolute Gasteiger partial charge is 0.481 e. The molecule has 43 heavy (non-hydrogen) atoms. The summed E-state index contributed by atoms with van der Waals surface area (Å²) in [5.74, 6) is -4.03. The van der Waals surface area contributed by atoms with Crippen molar-refractivity contribution in [2.75, 3.05) is 39.3 Å². The summed E-state index contributed by atoms with van der Waals surface area (Å²) in [6.45, 7) is 16.5. The van der Waals surface area contributed by atoms with E-state index in [2.05, 4.69) is 23.7 Å². The zero-order valence-electron chi connectivity index (χ0n) is 26.2. The number of nitrogens with zero attached hydrogens (tertiary/aromatic N) is 4. The Balaban J connectivity index is 1.67. The van der Waals surface area contributed by atoms with Crippen molar-refractivity contribution in [3.05, 3.63) is 51.2 Å². The van der Waals surface area contributed by atoms with Gasteiger partial charge in [-0.2, -0.15) is 0 Å². The molecule has 2 atom stereocenters. The normalized spacial score (nSPS) is 20.3. The van der Waals surface area contributed by atoms with Gasteiger partial charge in [-0.25, -0.2) is 9.59 Å². The maximum absolute atomic E-state index is 13.5. The molecule has 12 heteroatoms. The first-order valence-corrected chi connectivity index (χ1v) is 14.6. The molecular formula is C31H44N4O8. The number of hydrogen-bond donors (Lipinski definition) is 1. The van der Waals surface area contributed by atoms with Crippen molar-refractivity contribution >= 4 is 29.4 Å². The van der Waals surface area contributed by atoms with E-state index in [0.29, 0.717) is 43.0 Å². The van der Waals surface area contributed by atoms with Gasteiger partial charge in [-0.1, -0.05) is 26.0 Å². The van der Waals surface area contributed by atoms with Crippen LogP contribution in [0.5, 0.6) is 0 Å². The monoisotopic (exact) mass is 600 g/mol. The molecule has 2 unspecified atom stereocenters. The Morgan fingerprint density at radius 1 is 1.09 bits per heavy atom. The summed E-state index contributed by atoms with van der Waals surface area (Å²) in [6.07, 6.45) is 1.06. The highest BCUT2D eigenvalue weighted by molar-refractivity contribution is 6.06. The van der Waals surface area contributed by atoms with Crippen molar-refractivity contribution in [1.82, 2.24) is 9.80 Å². The number of aliphatic imine (C=N–C) groups is 1. The smallest absolute Gasteiger partial charge is 0.410 e. The van der Waals surface area contributed by atoms with E-state index >= 15 is 0 Å². The molecule has 1 saturated heterocycles. The van der Waals surface area contributed by atoms with Gasteiger partial charge in [-0.3, -0.25) is 19.9 Å². The van der Waals surface area contributed by atoms with Gasteiger partial charge in [-0.15, -0.1) is 0 Å². The van der Waals surface area contributed by atoms with Crippen LogP contribution in [0, 0.1) is 21.4 Å². The van der Waals surface area contributed by atoms with E-state index in [1.807, 2.05) is 20.8 Å². The van der Waals surface area contributed by atoms with Gasteiger partial charge in [0, 0.05) is 55.6 Å². The Kier molecular flexibility index (Phi) is 10.7. The average Bonchev–Trinajstić information content (AvgIpc) is 3.12. The number of carboxylic acid groups (broad SMARTS) is 1. The highest BCUT2D eigenvalue weighted by Gasteiger charge is 2.42. The van der Waals surface area contributed by atoms with Gasteiger partial charge in [0.2, 0.25) is 0 Å². The Morgan fingerprint density at radius 3 is 2.42 bits per heavy atom. The SMILES string of the molecule is CC1=NC(C)=C(C(=O)OCCC(C)(C)CN2CCCN(C(=O)OC(C)(C)C)CC2)C(c2cccc([N+](=O)[O-])c2)C1C(=O)O. The van der Waals surface area contributed by atoms with E-state index in [4.69, 9.17) is 9.47 Å². The molecule has 2 heterocycles. The zero-order valence-corrected chi connectivity index (χ0v) is 26.2. The molecule has 0 spiro atoms. The molecule has 2 aliphatic heterocycles. The predicted molar refractivity (Wildman–Crippen MR) is 161 cm³/mol. The first kappa shape index (κ1) is 33.7. The van der Waals surface area contributed by atoms with Crippen LogP contribution in [0.4, 0.5) is 10.5 Å². The number of hydrogen-bond acceptors (Lipinski definition) is 9. The number of rotatable bonds is 9. The molecule has 0 saturated carbocycles. The van der Waals surface area contributed by atoms with Crippen LogP contribution in [-0.4, -0.2) is 88.5 Å². The lowest BCUT2D eigenvalue weighted by molar-refractivity contribution is -0.384. The minimum absolute atomic E-state index is 0.0889. The van der Waals surface area contributed by atoms with E-state index in [9.17, 15) is 29.6 Å². The average molecular weight is 601 g/mol. The number of aliphatic carboxylic acids is 1. The molecule has 0 radical (unpaired) electrons. The van der Waals surface area contributed by atoms with Gasteiger partial charge in [-0.05, 0) is 65.0 Å². The van der Waals surface area contributed by atoms with E-state index in [1.54, 1.807) is 24.8 Å². The summed E-state index contributed by atoms with van der Waals surface area (Å²) in [5.41, 5.74) is 0.0892. The van der Waals surface area contributed by atoms with Crippen molar-refractivity contribution in [3.63, 3.8) is 0 Å². The fourth-order valence-electron chi connectivity index (χ4n) is 5.63. The molecule has 2 aliphatic rings. The number of esters is 1. The number of non-ortho nitro benzene ring substituents is 1. The Morgan fingerprint density at radius 2 is 1.79 bits per heavy atom. The van der Waals surface area contributed by atoms with E-state index in [0.717, 1.165) is 19.5 Å². The summed E-state index contributed by atoms with van der Waals surface area (Å²) >= 11 is 0. The van der Waals surface area contributed by atoms with Crippen molar-refractivity contribution in [1.29, 1.82) is 0 Å². The number of benzene rings is 1. The number of nitro groups is 1. The third-order valence-electron chi connectivity index (χ3n) is 7.66. The summed E-state index contributed by atoms with van der Waals surface area (Å²) in [7, 11) is 0. The second-order valence-corrected chi connectivity index (χ2v) is 13.0. The lowest BCUT2D eigenvalue weighted by atomic mass is 9.75. The third-order valence-corrected chi connectivity index (χ3v) is 7.66. The van der Waals surface area contributed by atoms with Crippen LogP contribution >= 0.6 is 0 Å². The number of carboxylic acids is 1. The quantitative estimate of drug-likeness (QED) is 0.234. The van der Waals surface area contributed by atoms with Crippen LogP contribution in [0.3, 0.4) is 0 Å². The predicted octanol–water partition coefficient (Wildman–Crippen LogP) is 5.03. The van der Waals surface area contributed by atoms with Crippen LogP contribution in [0.25, 0.3) is 0 Å². The van der Waals surface area contributed by atoms with Crippen LogP contribution < -0.4 is 0 Å². The first-order valence-electron chi connectivity index (χ1n) is 14.6. The molecule has 0 aliphatic carbocycles. The fraction of sp³-hybridized carbons (Fsp3) is 0.613. The van der Waals surface area contributed by atoms with Gasteiger partial charge in [0.1, 0.15) is 11.5 Å². The summed E-state index contributed by atoms with van der Waals surface area (Å²) in [4.78, 5) is 57.5.